The third-order valence-electron chi connectivity index (χ3n) is 5.10. The maximum atomic E-state index is 11.4. The summed E-state index contributed by atoms with van der Waals surface area (Å²) in [6.07, 6.45) is 0. The summed E-state index contributed by atoms with van der Waals surface area (Å²) in [6, 6.07) is 13.8. The molecule has 1 heterocycles. The fraction of sp³-hybridized carbons (Fsp3) is 0.333. The van der Waals surface area contributed by atoms with E-state index in [0.717, 1.165) is 55.1 Å². The molecule has 2 aromatic carbocycles. The van der Waals surface area contributed by atoms with Gasteiger partial charge >= 0.3 is 5.97 Å². The van der Waals surface area contributed by atoms with Crippen LogP contribution >= 0.6 is 0 Å². The molecule has 5 nitrogen and oxygen atoms in total. The molecule has 0 unspecified atom stereocenters. The van der Waals surface area contributed by atoms with Crippen LogP contribution in [0, 0.1) is 25.2 Å². The van der Waals surface area contributed by atoms with E-state index in [2.05, 4.69) is 21.9 Å². The van der Waals surface area contributed by atoms with E-state index in [0.29, 0.717) is 11.1 Å². The first-order valence-electron chi connectivity index (χ1n) is 8.79. The number of hydrogen-bond donors (Lipinski definition) is 1. The van der Waals surface area contributed by atoms with E-state index >= 15 is 0 Å². The van der Waals surface area contributed by atoms with Crippen LogP contribution < -0.4 is 4.90 Å². The van der Waals surface area contributed by atoms with Crippen molar-refractivity contribution in [2.24, 2.45) is 0 Å². The number of nitrogens with zero attached hydrogens (tertiary/aromatic N) is 3. The van der Waals surface area contributed by atoms with Gasteiger partial charge in [0.1, 0.15) is 6.07 Å². The number of nitriles is 1. The molecule has 134 valence electrons. The minimum absolute atomic E-state index is 0.390. The second-order valence-corrected chi connectivity index (χ2v) is 6.78. The predicted molar refractivity (Wildman–Crippen MR) is 102 cm³/mol. The topological polar surface area (TPSA) is 67.6 Å². The molecule has 0 aromatic heterocycles. The highest BCUT2D eigenvalue weighted by atomic mass is 16.4. The number of aryl methyl sites for hydroxylation is 1. The summed E-state index contributed by atoms with van der Waals surface area (Å²) in [7, 11) is 0. The summed E-state index contributed by atoms with van der Waals surface area (Å²) in [4.78, 5) is 16.0. The van der Waals surface area contributed by atoms with E-state index in [-0.39, 0.29) is 0 Å². The fourth-order valence-electron chi connectivity index (χ4n) is 3.50. The molecule has 1 saturated heterocycles. The third-order valence-corrected chi connectivity index (χ3v) is 5.10. The van der Waals surface area contributed by atoms with E-state index in [1.165, 1.54) is 0 Å². The van der Waals surface area contributed by atoms with Crippen LogP contribution in [-0.2, 0) is 6.54 Å². The first-order valence-corrected chi connectivity index (χ1v) is 8.79. The van der Waals surface area contributed by atoms with Gasteiger partial charge in [-0.15, -0.1) is 0 Å². The molecule has 0 bridgehead atoms. The first kappa shape index (κ1) is 18.0. The minimum Gasteiger partial charge on any atom is -0.478 e. The van der Waals surface area contributed by atoms with Crippen LogP contribution in [0.25, 0.3) is 0 Å². The average Bonchev–Trinajstić information content (AvgIpc) is 2.65. The minimum atomic E-state index is -0.870. The molecule has 0 spiro atoms. The van der Waals surface area contributed by atoms with Crippen molar-refractivity contribution in [3.63, 3.8) is 0 Å². The van der Waals surface area contributed by atoms with E-state index in [4.69, 9.17) is 0 Å². The number of carboxylic acid groups (broad SMARTS) is 1. The van der Waals surface area contributed by atoms with Crippen LogP contribution in [0.4, 0.5) is 5.69 Å². The molecular formula is C21H23N3O2. The molecular weight excluding hydrogens is 326 g/mol. The van der Waals surface area contributed by atoms with Crippen molar-refractivity contribution in [1.29, 1.82) is 5.26 Å². The monoisotopic (exact) mass is 349 g/mol. The van der Waals surface area contributed by atoms with Gasteiger partial charge in [0.05, 0.1) is 16.8 Å². The van der Waals surface area contributed by atoms with Gasteiger partial charge in [0.2, 0.25) is 0 Å². The number of hydrogen-bond acceptors (Lipinski definition) is 4. The molecule has 0 aliphatic carbocycles. The Balaban J connectivity index is 1.68. The van der Waals surface area contributed by atoms with Crippen LogP contribution in [0.5, 0.6) is 0 Å². The van der Waals surface area contributed by atoms with Gasteiger partial charge in [-0.25, -0.2) is 4.79 Å². The van der Waals surface area contributed by atoms with Gasteiger partial charge in [-0.2, -0.15) is 5.26 Å². The lowest BCUT2D eigenvalue weighted by atomic mass is 9.99. The zero-order valence-corrected chi connectivity index (χ0v) is 15.2. The van der Waals surface area contributed by atoms with Gasteiger partial charge in [0.15, 0.2) is 0 Å². The lowest BCUT2D eigenvalue weighted by Gasteiger charge is -2.36. The SMILES string of the molecule is Cc1cc(CN2CCN(c3ccccc3C#N)CC2)cc(C(=O)O)c1C. The molecule has 5 heteroatoms. The highest BCUT2D eigenvalue weighted by molar-refractivity contribution is 5.90. The number of carbonyl (C=O) groups is 1. The number of para-hydroxylation sites is 1. The van der Waals surface area contributed by atoms with Gasteiger partial charge < -0.3 is 10.0 Å². The highest BCUT2D eigenvalue weighted by Gasteiger charge is 2.20. The lowest BCUT2D eigenvalue weighted by molar-refractivity contribution is 0.0695. The number of rotatable bonds is 4. The van der Waals surface area contributed by atoms with E-state index < -0.39 is 5.97 Å². The van der Waals surface area contributed by atoms with Crippen molar-refractivity contribution in [2.45, 2.75) is 20.4 Å². The van der Waals surface area contributed by atoms with E-state index in [1.807, 2.05) is 38.1 Å². The smallest absolute Gasteiger partial charge is 0.335 e. The van der Waals surface area contributed by atoms with Crippen molar-refractivity contribution in [3.8, 4) is 6.07 Å². The van der Waals surface area contributed by atoms with Gasteiger partial charge in [-0.05, 0) is 48.7 Å². The predicted octanol–water partition coefficient (Wildman–Crippen LogP) is 3.20. The fourth-order valence-corrected chi connectivity index (χ4v) is 3.50. The van der Waals surface area contributed by atoms with E-state index in [1.54, 1.807) is 6.07 Å². The maximum absolute atomic E-state index is 11.4. The van der Waals surface area contributed by atoms with Crippen LogP contribution in [-0.4, -0.2) is 42.2 Å². The average molecular weight is 349 g/mol. The summed E-state index contributed by atoms with van der Waals surface area (Å²) in [5.74, 6) is -0.870. The molecule has 1 aliphatic heterocycles. The number of piperazine rings is 1. The summed E-state index contributed by atoms with van der Waals surface area (Å²) in [5, 5.41) is 18.7. The largest absolute Gasteiger partial charge is 0.478 e. The summed E-state index contributed by atoms with van der Waals surface area (Å²) in [5.41, 5.74) is 4.98. The number of benzene rings is 2. The second-order valence-electron chi connectivity index (χ2n) is 6.78. The Morgan fingerprint density at radius 2 is 1.85 bits per heavy atom. The molecule has 1 N–H and O–H groups in total. The number of aromatic carboxylic acids is 1. The Hall–Kier alpha value is -2.84. The zero-order chi connectivity index (χ0) is 18.7. The molecule has 0 saturated carbocycles. The lowest BCUT2D eigenvalue weighted by Crippen LogP contribution is -2.46. The first-order chi connectivity index (χ1) is 12.5. The molecule has 3 rings (SSSR count). The number of anilines is 1. The van der Waals surface area contributed by atoms with Gasteiger partial charge in [0.25, 0.3) is 0 Å². The van der Waals surface area contributed by atoms with Gasteiger partial charge in [-0.3, -0.25) is 4.90 Å². The third kappa shape index (κ3) is 3.71. The Morgan fingerprint density at radius 1 is 1.15 bits per heavy atom. The Morgan fingerprint density at radius 3 is 2.50 bits per heavy atom. The van der Waals surface area contributed by atoms with Crippen molar-refractivity contribution >= 4 is 11.7 Å². The molecule has 0 amide bonds. The molecule has 26 heavy (non-hydrogen) atoms. The Bertz CT molecular complexity index is 862. The Labute approximate surface area is 154 Å². The number of carboxylic acids is 1. The standard InChI is InChI=1S/C21H23N3O2/c1-15-11-17(12-19(16(15)2)21(25)26)14-23-7-9-24(10-8-23)20-6-4-3-5-18(20)13-22/h3-6,11-12H,7-10,14H2,1-2H3,(H,25,26). The summed E-state index contributed by atoms with van der Waals surface area (Å²) >= 11 is 0. The van der Waals surface area contributed by atoms with Crippen molar-refractivity contribution in [3.05, 3.63) is 64.2 Å². The molecule has 0 atom stereocenters. The van der Waals surface area contributed by atoms with Gasteiger partial charge in [0, 0.05) is 32.7 Å². The molecule has 1 fully saturated rings. The van der Waals surface area contributed by atoms with E-state index in [9.17, 15) is 15.2 Å². The summed E-state index contributed by atoms with van der Waals surface area (Å²) in [6.45, 7) is 8.04. The summed E-state index contributed by atoms with van der Waals surface area (Å²) < 4.78 is 0. The van der Waals surface area contributed by atoms with Crippen LogP contribution in [0.1, 0.15) is 32.6 Å². The van der Waals surface area contributed by atoms with Crippen molar-refractivity contribution < 1.29 is 9.90 Å². The maximum Gasteiger partial charge on any atom is 0.335 e. The van der Waals surface area contributed by atoms with Crippen LogP contribution in [0.15, 0.2) is 36.4 Å². The Kier molecular flexibility index (Phi) is 5.24. The zero-order valence-electron chi connectivity index (χ0n) is 15.2. The normalized spacial score (nSPS) is 14.9. The highest BCUT2D eigenvalue weighted by Crippen LogP contribution is 2.22. The second kappa shape index (κ2) is 7.59. The van der Waals surface area contributed by atoms with Crippen LogP contribution in [0.3, 0.4) is 0 Å². The van der Waals surface area contributed by atoms with Gasteiger partial charge in [-0.1, -0.05) is 18.2 Å². The molecule has 0 radical (unpaired) electrons. The molecule has 1 aliphatic rings. The van der Waals surface area contributed by atoms with Crippen molar-refractivity contribution in [2.75, 3.05) is 31.1 Å². The van der Waals surface area contributed by atoms with Crippen LogP contribution in [0.2, 0.25) is 0 Å². The quantitative estimate of drug-likeness (QED) is 0.918. The molecule has 2 aromatic rings. The van der Waals surface area contributed by atoms with Crippen molar-refractivity contribution in [1.82, 2.24) is 4.90 Å².